The van der Waals surface area contributed by atoms with Crippen LogP contribution >= 0.6 is 11.8 Å². The zero-order chi connectivity index (χ0) is 20.8. The molecule has 1 rings (SSSR count). The number of hydrogen-bond donors (Lipinski definition) is 1. The largest absolute Gasteiger partial charge is 0.396 e. The van der Waals surface area contributed by atoms with Crippen molar-refractivity contribution < 1.29 is 10.0 Å². The molecule has 1 radical (unpaired) electrons. The van der Waals surface area contributed by atoms with E-state index in [-0.39, 0.29) is 10.6 Å². The van der Waals surface area contributed by atoms with Crippen LogP contribution in [0.4, 0.5) is 5.69 Å². The zero-order valence-electron chi connectivity index (χ0n) is 17.9. The quantitative estimate of drug-likeness (QED) is 0.177. The molecule has 159 valence electrons. The van der Waals surface area contributed by atoms with Gasteiger partial charge in [0.25, 0.3) is 5.69 Å². The molecule has 0 saturated carbocycles. The summed E-state index contributed by atoms with van der Waals surface area (Å²) >= 11 is 1.95. The van der Waals surface area contributed by atoms with Gasteiger partial charge in [-0.3, -0.25) is 10.1 Å². The van der Waals surface area contributed by atoms with Gasteiger partial charge in [-0.25, -0.2) is 0 Å². The summed E-state index contributed by atoms with van der Waals surface area (Å²) in [6.45, 7) is 7.00. The van der Waals surface area contributed by atoms with E-state index in [0.717, 1.165) is 24.8 Å². The fourth-order valence-corrected chi connectivity index (χ4v) is 4.61. The van der Waals surface area contributed by atoms with E-state index in [1.54, 1.807) is 12.1 Å². The van der Waals surface area contributed by atoms with Gasteiger partial charge in [0.1, 0.15) is 0 Å². The molecule has 0 amide bonds. The average molecular weight is 409 g/mol. The van der Waals surface area contributed by atoms with E-state index in [4.69, 9.17) is 5.11 Å². The summed E-state index contributed by atoms with van der Waals surface area (Å²) in [5, 5.41) is 21.7. The van der Waals surface area contributed by atoms with Crippen molar-refractivity contribution in [3.05, 3.63) is 45.2 Å². The predicted molar refractivity (Wildman–Crippen MR) is 121 cm³/mol. The van der Waals surface area contributed by atoms with Crippen LogP contribution in [0.25, 0.3) is 0 Å². The molecule has 0 fully saturated rings. The molecule has 1 unspecified atom stereocenters. The molecule has 0 saturated heterocycles. The number of nitrogens with zero attached hydrogens (tertiary/aromatic N) is 1. The van der Waals surface area contributed by atoms with Crippen molar-refractivity contribution in [3.8, 4) is 0 Å². The third-order valence-corrected chi connectivity index (χ3v) is 6.39. The molecule has 4 nitrogen and oxygen atoms in total. The number of hydrogen-bond acceptors (Lipinski definition) is 4. The molecule has 1 aromatic rings. The summed E-state index contributed by atoms with van der Waals surface area (Å²) in [5.41, 5.74) is 1.32. The van der Waals surface area contributed by atoms with Gasteiger partial charge < -0.3 is 5.11 Å². The van der Waals surface area contributed by atoms with Gasteiger partial charge >= 0.3 is 0 Å². The highest BCUT2D eigenvalue weighted by atomic mass is 32.2. The highest BCUT2D eigenvalue weighted by molar-refractivity contribution is 8.02. The molecular formula is C23H38NO3S. The van der Waals surface area contributed by atoms with E-state index in [1.165, 1.54) is 50.2 Å². The van der Waals surface area contributed by atoms with Crippen LogP contribution in [0, 0.1) is 15.4 Å². The molecule has 28 heavy (non-hydrogen) atoms. The molecule has 0 bridgehead atoms. The Morgan fingerprint density at radius 1 is 0.929 bits per heavy atom. The number of unbranched alkanes of at least 4 members (excludes halogenated alkanes) is 8. The maximum Gasteiger partial charge on any atom is 0.269 e. The number of non-ortho nitro benzene ring substituents is 1. The van der Waals surface area contributed by atoms with Crippen LogP contribution in [-0.4, -0.2) is 21.9 Å². The van der Waals surface area contributed by atoms with Crippen molar-refractivity contribution in [2.45, 2.75) is 96.1 Å². The summed E-state index contributed by atoms with van der Waals surface area (Å²) in [6.07, 6.45) is 12.2. The van der Waals surface area contributed by atoms with Crippen molar-refractivity contribution >= 4 is 17.4 Å². The summed E-state index contributed by atoms with van der Waals surface area (Å²) in [5.74, 6) is 0.319. The minimum Gasteiger partial charge on any atom is -0.396 e. The van der Waals surface area contributed by atoms with Crippen LogP contribution in [0.2, 0.25) is 0 Å². The number of rotatable bonds is 16. The third-order valence-electron chi connectivity index (χ3n) is 5.06. The normalized spacial score (nSPS) is 12.6. The van der Waals surface area contributed by atoms with Crippen LogP contribution in [-0.2, 0) is 0 Å². The highest BCUT2D eigenvalue weighted by Gasteiger charge is 2.22. The lowest BCUT2D eigenvalue weighted by Gasteiger charge is -2.25. The number of benzene rings is 1. The average Bonchev–Trinajstić information content (AvgIpc) is 2.67. The first-order chi connectivity index (χ1) is 13.5. The summed E-state index contributed by atoms with van der Waals surface area (Å²) < 4.78 is 0. The van der Waals surface area contributed by atoms with Crippen LogP contribution in [0.5, 0.6) is 0 Å². The van der Waals surface area contributed by atoms with Crippen molar-refractivity contribution in [1.29, 1.82) is 0 Å². The Kier molecular flexibility index (Phi) is 13.3. The number of nitro benzene ring substituents is 1. The Morgan fingerprint density at radius 3 is 1.89 bits per heavy atom. The molecule has 0 spiro atoms. The van der Waals surface area contributed by atoms with Crippen LogP contribution in [0.1, 0.15) is 96.5 Å². The second-order valence-corrected chi connectivity index (χ2v) is 9.56. The van der Waals surface area contributed by atoms with Crippen LogP contribution in [0.15, 0.2) is 24.3 Å². The fraction of sp³-hybridized carbons (Fsp3) is 0.696. The minimum atomic E-state index is -0.339. The fourth-order valence-electron chi connectivity index (χ4n) is 3.40. The van der Waals surface area contributed by atoms with E-state index < -0.39 is 0 Å². The maximum atomic E-state index is 10.9. The van der Waals surface area contributed by atoms with Gasteiger partial charge in [-0.15, -0.1) is 0 Å². The number of aliphatic hydroxyl groups excluding tert-OH is 1. The van der Waals surface area contributed by atoms with E-state index in [0.29, 0.717) is 17.8 Å². The van der Waals surface area contributed by atoms with Gasteiger partial charge in [0.15, 0.2) is 0 Å². The van der Waals surface area contributed by atoms with E-state index >= 15 is 0 Å². The number of nitro groups is 1. The summed E-state index contributed by atoms with van der Waals surface area (Å²) in [7, 11) is 0. The topological polar surface area (TPSA) is 63.4 Å². The molecule has 0 aromatic heterocycles. The first-order valence-electron chi connectivity index (χ1n) is 10.8. The van der Waals surface area contributed by atoms with Gasteiger partial charge in [0.2, 0.25) is 0 Å². The van der Waals surface area contributed by atoms with E-state index in [9.17, 15) is 10.1 Å². The number of aliphatic hydroxyl groups is 1. The van der Waals surface area contributed by atoms with Crippen LogP contribution in [0.3, 0.4) is 0 Å². The van der Waals surface area contributed by atoms with Crippen LogP contribution < -0.4 is 0 Å². The van der Waals surface area contributed by atoms with Gasteiger partial charge in [-0.2, -0.15) is 11.8 Å². The van der Waals surface area contributed by atoms with Gasteiger partial charge in [-0.1, -0.05) is 84.3 Å². The molecule has 0 aliphatic rings. The molecule has 1 N–H and O–H groups in total. The standard InChI is InChI=1S/C23H38NO3S/c1-19(2)28-23(13-11-9-7-5-4-6-8-10-12-18-25)20(3)21-14-16-22(17-15-21)24(26)27/h14-17,19-20,25H,4-13,18H2,1-3H3. The monoisotopic (exact) mass is 408 g/mol. The molecule has 0 heterocycles. The van der Waals surface area contributed by atoms with Crippen molar-refractivity contribution in [2.75, 3.05) is 6.61 Å². The van der Waals surface area contributed by atoms with E-state index in [1.807, 2.05) is 23.9 Å². The van der Waals surface area contributed by atoms with Crippen molar-refractivity contribution in [1.82, 2.24) is 0 Å². The molecule has 0 aliphatic carbocycles. The molecule has 1 atom stereocenters. The SMILES string of the molecule is CC(C)S[C](CCCCCCCCCCCO)C(C)c1ccc([N+](=O)[O-])cc1. The minimum absolute atomic E-state index is 0.158. The molecule has 5 heteroatoms. The molecule has 0 aliphatic heterocycles. The van der Waals surface area contributed by atoms with Crippen molar-refractivity contribution in [3.63, 3.8) is 0 Å². The lowest BCUT2D eigenvalue weighted by Crippen LogP contribution is -2.08. The highest BCUT2D eigenvalue weighted by Crippen LogP contribution is 2.41. The smallest absolute Gasteiger partial charge is 0.269 e. The van der Waals surface area contributed by atoms with Gasteiger partial charge in [0, 0.05) is 24.0 Å². The molecular weight excluding hydrogens is 370 g/mol. The lowest BCUT2D eigenvalue weighted by atomic mass is 9.93. The Balaban J connectivity index is 2.36. The predicted octanol–water partition coefficient (Wildman–Crippen LogP) is 7.27. The third kappa shape index (κ3) is 10.5. The second kappa shape index (κ2) is 14.9. The lowest BCUT2D eigenvalue weighted by molar-refractivity contribution is -0.384. The van der Waals surface area contributed by atoms with E-state index in [2.05, 4.69) is 20.8 Å². The maximum absolute atomic E-state index is 10.9. The molecule has 1 aromatic carbocycles. The van der Waals surface area contributed by atoms with Gasteiger partial charge in [0.05, 0.1) is 4.92 Å². The first kappa shape index (κ1) is 25.0. The Hall–Kier alpha value is -1.07. The Morgan fingerprint density at radius 2 is 1.43 bits per heavy atom. The summed E-state index contributed by atoms with van der Waals surface area (Å²) in [6, 6.07) is 7.04. The summed E-state index contributed by atoms with van der Waals surface area (Å²) in [4.78, 5) is 10.5. The van der Waals surface area contributed by atoms with Gasteiger partial charge in [-0.05, 0) is 29.6 Å². The first-order valence-corrected chi connectivity index (χ1v) is 11.7. The Bertz CT molecular complexity index is 533. The zero-order valence-corrected chi connectivity index (χ0v) is 18.7. The Labute approximate surface area is 175 Å². The second-order valence-electron chi connectivity index (χ2n) is 7.86. The van der Waals surface area contributed by atoms with Crippen molar-refractivity contribution in [2.24, 2.45) is 0 Å². The number of thioether (sulfide) groups is 1.